The van der Waals surface area contributed by atoms with Crippen LogP contribution >= 0.6 is 0 Å². The number of likely N-dealkylation sites (tertiary alicyclic amines) is 1. The number of guanidine groups is 1. The van der Waals surface area contributed by atoms with Crippen LogP contribution in [0.1, 0.15) is 30.5 Å². The highest BCUT2D eigenvalue weighted by Crippen LogP contribution is 2.23. The fourth-order valence-electron chi connectivity index (χ4n) is 3.64. The highest BCUT2D eigenvalue weighted by Gasteiger charge is 2.25. The van der Waals surface area contributed by atoms with Gasteiger partial charge in [0.25, 0.3) is 0 Å². The van der Waals surface area contributed by atoms with Crippen molar-refractivity contribution in [1.29, 1.82) is 0 Å². The molecule has 26 heavy (non-hydrogen) atoms. The molecule has 144 valence electrons. The van der Waals surface area contributed by atoms with E-state index in [0.717, 1.165) is 51.8 Å². The fraction of sp³-hybridized carbons (Fsp3) is 0.650. The maximum atomic E-state index is 9.86. The number of nitrogens with zero attached hydrogens (tertiary/aromatic N) is 3. The molecule has 0 aromatic heterocycles. The van der Waals surface area contributed by atoms with E-state index in [9.17, 15) is 5.11 Å². The van der Waals surface area contributed by atoms with E-state index >= 15 is 0 Å². The first kappa shape index (κ1) is 19.1. The minimum Gasteiger partial charge on any atom is -0.391 e. The molecule has 2 aliphatic heterocycles. The number of aliphatic imine (C=N–C) groups is 1. The molecule has 1 aromatic carbocycles. The van der Waals surface area contributed by atoms with Gasteiger partial charge >= 0.3 is 0 Å². The Labute approximate surface area is 156 Å². The van der Waals surface area contributed by atoms with Gasteiger partial charge in [0.05, 0.1) is 31.9 Å². The minimum atomic E-state index is -0.244. The summed E-state index contributed by atoms with van der Waals surface area (Å²) in [5.74, 6) is 0.912. The second-order valence-corrected chi connectivity index (χ2v) is 7.16. The van der Waals surface area contributed by atoms with Crippen molar-refractivity contribution in [2.45, 2.75) is 32.4 Å². The first-order valence-corrected chi connectivity index (χ1v) is 9.77. The number of aliphatic hydroxyl groups excluding tert-OH is 1. The average molecular weight is 361 g/mol. The quantitative estimate of drug-likeness (QED) is 0.614. The summed E-state index contributed by atoms with van der Waals surface area (Å²) in [6, 6.07) is 9.04. The summed E-state index contributed by atoms with van der Waals surface area (Å²) in [4.78, 5) is 9.58. The van der Waals surface area contributed by atoms with Gasteiger partial charge in [-0.1, -0.05) is 29.8 Å². The standard InChI is InChI=1S/C20H32N4O2/c1-3-21-20(24-9-8-18(25)15-24)22-14-19(23-10-12-26-13-11-23)17-6-4-16(2)5-7-17/h4-7,18-19,25H,3,8-15H2,1-2H3,(H,21,22)/t18-,19?/m1/s1. The Bertz CT molecular complexity index is 584. The smallest absolute Gasteiger partial charge is 0.194 e. The zero-order valence-corrected chi connectivity index (χ0v) is 16.0. The molecule has 2 fully saturated rings. The van der Waals surface area contributed by atoms with Crippen molar-refractivity contribution in [3.8, 4) is 0 Å². The summed E-state index contributed by atoms with van der Waals surface area (Å²) in [5, 5.41) is 13.2. The Balaban J connectivity index is 1.77. The van der Waals surface area contributed by atoms with Gasteiger partial charge in [-0.15, -0.1) is 0 Å². The number of nitrogens with one attached hydrogen (secondary N) is 1. The molecule has 0 bridgehead atoms. The molecule has 0 radical (unpaired) electrons. The van der Waals surface area contributed by atoms with Gasteiger partial charge in [0.15, 0.2) is 5.96 Å². The van der Waals surface area contributed by atoms with Gasteiger partial charge in [0.1, 0.15) is 0 Å². The lowest BCUT2D eigenvalue weighted by molar-refractivity contribution is 0.0179. The molecule has 0 spiro atoms. The van der Waals surface area contributed by atoms with E-state index in [0.29, 0.717) is 13.1 Å². The van der Waals surface area contributed by atoms with Crippen molar-refractivity contribution in [3.63, 3.8) is 0 Å². The van der Waals surface area contributed by atoms with Gasteiger partial charge < -0.3 is 20.1 Å². The number of hydrogen-bond acceptors (Lipinski definition) is 4. The van der Waals surface area contributed by atoms with Crippen LogP contribution in [0.15, 0.2) is 29.3 Å². The third-order valence-electron chi connectivity index (χ3n) is 5.16. The van der Waals surface area contributed by atoms with Gasteiger partial charge in [-0.05, 0) is 25.8 Å². The van der Waals surface area contributed by atoms with E-state index in [1.165, 1.54) is 11.1 Å². The number of aliphatic hydroxyl groups is 1. The van der Waals surface area contributed by atoms with Gasteiger partial charge in [-0.3, -0.25) is 9.89 Å². The van der Waals surface area contributed by atoms with E-state index in [1.807, 2.05) is 0 Å². The summed E-state index contributed by atoms with van der Waals surface area (Å²) in [5.41, 5.74) is 2.58. The summed E-state index contributed by atoms with van der Waals surface area (Å²) >= 11 is 0. The van der Waals surface area contributed by atoms with Crippen LogP contribution in [0.2, 0.25) is 0 Å². The van der Waals surface area contributed by atoms with E-state index in [2.05, 4.69) is 53.2 Å². The number of benzene rings is 1. The monoisotopic (exact) mass is 360 g/mol. The van der Waals surface area contributed by atoms with Crippen LogP contribution in [0.3, 0.4) is 0 Å². The first-order chi connectivity index (χ1) is 12.7. The maximum Gasteiger partial charge on any atom is 0.194 e. The molecule has 1 unspecified atom stereocenters. The predicted octanol–water partition coefficient (Wildman–Crippen LogP) is 1.40. The Kier molecular flexibility index (Phi) is 6.88. The van der Waals surface area contributed by atoms with Crippen molar-refractivity contribution in [2.75, 3.05) is 52.5 Å². The van der Waals surface area contributed by atoms with Crippen LogP contribution in [0, 0.1) is 6.92 Å². The molecule has 0 amide bonds. The Morgan fingerprint density at radius 2 is 2.00 bits per heavy atom. The molecular weight excluding hydrogens is 328 g/mol. The summed E-state index contributed by atoms with van der Waals surface area (Å²) in [7, 11) is 0. The fourth-order valence-corrected chi connectivity index (χ4v) is 3.64. The second-order valence-electron chi connectivity index (χ2n) is 7.16. The van der Waals surface area contributed by atoms with Crippen LogP contribution in [0.4, 0.5) is 0 Å². The number of ether oxygens (including phenoxy) is 1. The Morgan fingerprint density at radius 3 is 2.62 bits per heavy atom. The largest absolute Gasteiger partial charge is 0.391 e. The van der Waals surface area contributed by atoms with Crippen LogP contribution in [0.25, 0.3) is 0 Å². The van der Waals surface area contributed by atoms with E-state index in [4.69, 9.17) is 9.73 Å². The molecule has 2 atom stereocenters. The lowest BCUT2D eigenvalue weighted by atomic mass is 10.0. The van der Waals surface area contributed by atoms with Crippen molar-refractivity contribution in [3.05, 3.63) is 35.4 Å². The average Bonchev–Trinajstić information content (AvgIpc) is 3.09. The molecule has 2 heterocycles. The molecule has 2 aliphatic rings. The lowest BCUT2D eigenvalue weighted by Gasteiger charge is -2.34. The summed E-state index contributed by atoms with van der Waals surface area (Å²) in [6.45, 7) is 10.7. The number of β-amino-alcohol motifs (C(OH)–C–C–N with tert-alkyl or cyclic N) is 1. The predicted molar refractivity (Wildman–Crippen MR) is 104 cm³/mol. The van der Waals surface area contributed by atoms with Gasteiger partial charge in [-0.25, -0.2) is 0 Å². The van der Waals surface area contributed by atoms with Crippen LogP contribution in [-0.2, 0) is 4.74 Å². The molecule has 6 nitrogen and oxygen atoms in total. The van der Waals surface area contributed by atoms with E-state index in [-0.39, 0.29) is 12.1 Å². The Morgan fingerprint density at radius 1 is 1.27 bits per heavy atom. The number of aryl methyl sites for hydroxylation is 1. The highest BCUT2D eigenvalue weighted by molar-refractivity contribution is 5.80. The summed E-state index contributed by atoms with van der Waals surface area (Å²) in [6.07, 6.45) is 0.570. The molecule has 3 rings (SSSR count). The van der Waals surface area contributed by atoms with Crippen LogP contribution in [0.5, 0.6) is 0 Å². The topological polar surface area (TPSA) is 60.3 Å². The lowest BCUT2D eigenvalue weighted by Crippen LogP contribution is -2.43. The molecule has 6 heteroatoms. The zero-order valence-electron chi connectivity index (χ0n) is 16.0. The third-order valence-corrected chi connectivity index (χ3v) is 5.16. The van der Waals surface area contributed by atoms with Crippen LogP contribution < -0.4 is 5.32 Å². The third kappa shape index (κ3) is 4.96. The molecular formula is C20H32N4O2. The van der Waals surface area contributed by atoms with E-state index < -0.39 is 0 Å². The first-order valence-electron chi connectivity index (χ1n) is 9.77. The van der Waals surface area contributed by atoms with Gasteiger partial charge in [0, 0.05) is 32.7 Å². The molecule has 0 aliphatic carbocycles. The molecule has 2 saturated heterocycles. The maximum absolute atomic E-state index is 9.86. The molecule has 1 aromatic rings. The van der Waals surface area contributed by atoms with Crippen LogP contribution in [-0.4, -0.2) is 79.5 Å². The Hall–Kier alpha value is -1.63. The minimum absolute atomic E-state index is 0.244. The summed E-state index contributed by atoms with van der Waals surface area (Å²) < 4.78 is 5.54. The zero-order chi connectivity index (χ0) is 18.4. The van der Waals surface area contributed by atoms with Gasteiger partial charge in [-0.2, -0.15) is 0 Å². The molecule has 2 N–H and O–H groups in total. The van der Waals surface area contributed by atoms with E-state index in [1.54, 1.807) is 0 Å². The van der Waals surface area contributed by atoms with Crippen molar-refractivity contribution >= 4 is 5.96 Å². The van der Waals surface area contributed by atoms with Crippen molar-refractivity contribution in [2.24, 2.45) is 4.99 Å². The molecule has 0 saturated carbocycles. The number of rotatable bonds is 5. The number of morpholine rings is 1. The van der Waals surface area contributed by atoms with Crippen molar-refractivity contribution in [1.82, 2.24) is 15.1 Å². The van der Waals surface area contributed by atoms with Gasteiger partial charge in [0.2, 0.25) is 0 Å². The highest BCUT2D eigenvalue weighted by atomic mass is 16.5. The van der Waals surface area contributed by atoms with Crippen molar-refractivity contribution < 1.29 is 9.84 Å². The second kappa shape index (κ2) is 9.35. The normalized spacial score (nSPS) is 23.3. The SMILES string of the molecule is CCNC(=NCC(c1ccc(C)cc1)N1CCOCC1)N1CC[C@@H](O)C1. The number of hydrogen-bond donors (Lipinski definition) is 2.